The second-order valence-electron chi connectivity index (χ2n) is 6.63. The van der Waals surface area contributed by atoms with Crippen LogP contribution < -0.4 is 19.7 Å². The molecule has 3 rings (SSSR count). The minimum Gasteiger partial charge on any atom is -0.490 e. The molecule has 1 aliphatic heterocycles. The molecule has 8 heteroatoms. The van der Waals surface area contributed by atoms with Crippen LogP contribution in [-0.4, -0.2) is 31.1 Å². The molecule has 1 saturated heterocycles. The van der Waals surface area contributed by atoms with E-state index in [1.54, 1.807) is 49.4 Å². The number of nitrogens with one attached hydrogen (secondary N) is 1. The SMILES string of the molecule is C=CCOc1ccc(/C=C2/C(=O)NC(=O)N(c3ccc(Br)cc3C)C2=O)cc1OCC. The number of carbonyl (C=O) groups is 3. The van der Waals surface area contributed by atoms with E-state index in [2.05, 4.69) is 27.8 Å². The molecule has 31 heavy (non-hydrogen) atoms. The summed E-state index contributed by atoms with van der Waals surface area (Å²) in [6.45, 7) is 7.95. The van der Waals surface area contributed by atoms with Crippen LogP contribution >= 0.6 is 15.9 Å². The first-order chi connectivity index (χ1) is 14.8. The molecule has 0 atom stereocenters. The topological polar surface area (TPSA) is 84.9 Å². The summed E-state index contributed by atoms with van der Waals surface area (Å²) in [7, 11) is 0. The number of nitrogens with zero attached hydrogens (tertiary/aromatic N) is 1. The number of amides is 4. The first-order valence-electron chi connectivity index (χ1n) is 9.53. The number of hydrogen-bond acceptors (Lipinski definition) is 5. The Morgan fingerprint density at radius 3 is 2.55 bits per heavy atom. The molecule has 7 nitrogen and oxygen atoms in total. The van der Waals surface area contributed by atoms with Crippen molar-refractivity contribution in [2.24, 2.45) is 0 Å². The third kappa shape index (κ3) is 4.86. The van der Waals surface area contributed by atoms with E-state index in [-0.39, 0.29) is 5.57 Å². The average molecular weight is 485 g/mol. The van der Waals surface area contributed by atoms with Crippen LogP contribution in [0.25, 0.3) is 6.08 Å². The second-order valence-corrected chi connectivity index (χ2v) is 7.54. The van der Waals surface area contributed by atoms with Gasteiger partial charge in [-0.3, -0.25) is 14.9 Å². The number of imide groups is 2. The Labute approximate surface area is 188 Å². The minimum absolute atomic E-state index is 0.163. The lowest BCUT2D eigenvalue weighted by molar-refractivity contribution is -0.122. The fourth-order valence-electron chi connectivity index (χ4n) is 3.06. The average Bonchev–Trinajstić information content (AvgIpc) is 2.72. The van der Waals surface area contributed by atoms with E-state index in [4.69, 9.17) is 9.47 Å². The van der Waals surface area contributed by atoms with E-state index in [9.17, 15) is 14.4 Å². The molecule has 0 bridgehead atoms. The molecule has 0 spiro atoms. The van der Waals surface area contributed by atoms with E-state index in [0.717, 1.165) is 9.37 Å². The van der Waals surface area contributed by atoms with Crippen molar-refractivity contribution < 1.29 is 23.9 Å². The zero-order valence-corrected chi connectivity index (χ0v) is 18.7. The third-order valence-corrected chi connectivity index (χ3v) is 4.93. The third-order valence-electron chi connectivity index (χ3n) is 4.44. The number of urea groups is 1. The zero-order valence-electron chi connectivity index (χ0n) is 17.1. The number of benzene rings is 2. The van der Waals surface area contributed by atoms with E-state index in [0.29, 0.717) is 41.5 Å². The summed E-state index contributed by atoms with van der Waals surface area (Å²) >= 11 is 3.36. The van der Waals surface area contributed by atoms with Crippen molar-refractivity contribution in [3.8, 4) is 11.5 Å². The number of rotatable bonds is 7. The first kappa shape index (κ1) is 22.3. The Kier molecular flexibility index (Phi) is 6.91. The van der Waals surface area contributed by atoms with Gasteiger partial charge >= 0.3 is 6.03 Å². The first-order valence-corrected chi connectivity index (χ1v) is 10.3. The number of hydrogen-bond donors (Lipinski definition) is 1. The largest absolute Gasteiger partial charge is 0.490 e. The highest BCUT2D eigenvalue weighted by Crippen LogP contribution is 2.31. The predicted molar refractivity (Wildman–Crippen MR) is 121 cm³/mol. The standard InChI is InChI=1S/C23H21BrN2O5/c1-4-10-31-19-9-6-15(13-20(19)30-5-2)12-17-21(27)25-23(29)26(22(17)28)18-8-7-16(24)11-14(18)3/h4,6-9,11-13H,1,5,10H2,2-3H3,(H,25,27,29)/b17-12-. The molecule has 1 heterocycles. The van der Waals surface area contributed by atoms with Crippen molar-refractivity contribution in [2.75, 3.05) is 18.1 Å². The van der Waals surface area contributed by atoms with Gasteiger partial charge in [-0.05, 0) is 61.4 Å². The number of aryl methyl sites for hydroxylation is 1. The van der Waals surface area contributed by atoms with Crippen LogP contribution in [0.15, 0.2) is 59.1 Å². The number of ether oxygens (including phenoxy) is 2. The molecule has 0 aliphatic carbocycles. The van der Waals surface area contributed by atoms with E-state index < -0.39 is 17.8 Å². The quantitative estimate of drug-likeness (QED) is 0.357. The van der Waals surface area contributed by atoms with Crippen LogP contribution in [0.2, 0.25) is 0 Å². The van der Waals surface area contributed by atoms with Gasteiger partial charge in [0, 0.05) is 4.47 Å². The molecule has 0 aromatic heterocycles. The second kappa shape index (κ2) is 9.61. The highest BCUT2D eigenvalue weighted by atomic mass is 79.9. The van der Waals surface area contributed by atoms with Crippen molar-refractivity contribution in [3.05, 3.63) is 70.2 Å². The van der Waals surface area contributed by atoms with Crippen molar-refractivity contribution in [1.29, 1.82) is 0 Å². The molecule has 2 aromatic rings. The Hall–Kier alpha value is -3.39. The number of anilines is 1. The van der Waals surface area contributed by atoms with Gasteiger partial charge in [-0.15, -0.1) is 0 Å². The highest BCUT2D eigenvalue weighted by Gasteiger charge is 2.37. The molecular formula is C23H21BrN2O5. The maximum absolute atomic E-state index is 13.1. The van der Waals surface area contributed by atoms with Crippen LogP contribution in [0, 0.1) is 6.92 Å². The summed E-state index contributed by atoms with van der Waals surface area (Å²) < 4.78 is 12.0. The van der Waals surface area contributed by atoms with Crippen LogP contribution in [0.4, 0.5) is 10.5 Å². The number of carbonyl (C=O) groups excluding carboxylic acids is 3. The normalized spacial score (nSPS) is 15.1. The van der Waals surface area contributed by atoms with Crippen molar-refractivity contribution in [2.45, 2.75) is 13.8 Å². The summed E-state index contributed by atoms with van der Waals surface area (Å²) in [6.07, 6.45) is 3.04. The Morgan fingerprint density at radius 1 is 1.10 bits per heavy atom. The van der Waals surface area contributed by atoms with Crippen molar-refractivity contribution in [3.63, 3.8) is 0 Å². The summed E-state index contributed by atoms with van der Waals surface area (Å²) in [6, 6.07) is 9.41. The molecular weight excluding hydrogens is 464 g/mol. The van der Waals surface area contributed by atoms with Gasteiger partial charge in [-0.25, -0.2) is 9.69 Å². The maximum Gasteiger partial charge on any atom is 0.335 e. The van der Waals surface area contributed by atoms with E-state index in [1.165, 1.54) is 6.08 Å². The molecule has 1 N–H and O–H groups in total. The van der Waals surface area contributed by atoms with Gasteiger partial charge in [0.05, 0.1) is 12.3 Å². The predicted octanol–water partition coefficient (Wildman–Crippen LogP) is 4.39. The molecule has 160 valence electrons. The van der Waals surface area contributed by atoms with Gasteiger partial charge < -0.3 is 9.47 Å². The maximum atomic E-state index is 13.1. The Bertz CT molecular complexity index is 1090. The zero-order chi connectivity index (χ0) is 22.5. The molecule has 0 radical (unpaired) electrons. The van der Waals surface area contributed by atoms with Crippen LogP contribution in [-0.2, 0) is 9.59 Å². The number of halogens is 1. The molecule has 2 aromatic carbocycles. The minimum atomic E-state index is -0.791. The number of barbiturate groups is 1. The summed E-state index contributed by atoms with van der Waals surface area (Å²) in [5.74, 6) is -0.472. The Morgan fingerprint density at radius 2 is 1.87 bits per heavy atom. The summed E-state index contributed by atoms with van der Waals surface area (Å²) in [4.78, 5) is 38.9. The Balaban J connectivity index is 1.99. The molecule has 0 saturated carbocycles. The van der Waals surface area contributed by atoms with E-state index in [1.807, 2.05) is 6.92 Å². The van der Waals surface area contributed by atoms with Crippen LogP contribution in [0.1, 0.15) is 18.1 Å². The monoisotopic (exact) mass is 484 g/mol. The van der Waals surface area contributed by atoms with Crippen LogP contribution in [0.5, 0.6) is 11.5 Å². The summed E-state index contributed by atoms with van der Waals surface area (Å²) in [5, 5.41) is 2.23. The van der Waals surface area contributed by atoms with Gasteiger partial charge in [0.15, 0.2) is 11.5 Å². The van der Waals surface area contributed by atoms with Gasteiger partial charge in [0.25, 0.3) is 11.8 Å². The van der Waals surface area contributed by atoms with Gasteiger partial charge in [0.2, 0.25) is 0 Å². The lowest BCUT2D eigenvalue weighted by Gasteiger charge is -2.27. The molecule has 4 amide bonds. The van der Waals surface area contributed by atoms with E-state index >= 15 is 0 Å². The fraction of sp³-hybridized carbons (Fsp3) is 0.174. The lowest BCUT2D eigenvalue weighted by Crippen LogP contribution is -2.54. The van der Waals surface area contributed by atoms with Crippen LogP contribution in [0.3, 0.4) is 0 Å². The lowest BCUT2D eigenvalue weighted by atomic mass is 10.1. The molecule has 0 unspecified atom stereocenters. The van der Waals surface area contributed by atoms with Gasteiger partial charge in [-0.1, -0.05) is 34.7 Å². The highest BCUT2D eigenvalue weighted by molar-refractivity contribution is 9.10. The van der Waals surface area contributed by atoms with Gasteiger partial charge in [-0.2, -0.15) is 0 Å². The van der Waals surface area contributed by atoms with Crippen molar-refractivity contribution >= 4 is 45.5 Å². The molecule has 1 aliphatic rings. The molecule has 1 fully saturated rings. The summed E-state index contributed by atoms with van der Waals surface area (Å²) in [5.41, 5.74) is 1.49. The fourth-order valence-corrected chi connectivity index (χ4v) is 3.54. The van der Waals surface area contributed by atoms with Crippen molar-refractivity contribution in [1.82, 2.24) is 5.32 Å². The van der Waals surface area contributed by atoms with Gasteiger partial charge in [0.1, 0.15) is 12.2 Å². The smallest absolute Gasteiger partial charge is 0.335 e.